The van der Waals surface area contributed by atoms with Gasteiger partial charge in [-0.25, -0.2) is 4.99 Å². The number of methoxy groups -OCH3 is 1. The summed E-state index contributed by atoms with van der Waals surface area (Å²) in [5.41, 5.74) is 5.97. The monoisotopic (exact) mass is 405 g/mol. The fourth-order valence-electron chi connectivity index (χ4n) is 2.22. The highest BCUT2D eigenvalue weighted by atomic mass is 127. The van der Waals surface area contributed by atoms with E-state index < -0.39 is 0 Å². The van der Waals surface area contributed by atoms with Crippen LogP contribution in [0.15, 0.2) is 29.3 Å². The molecule has 0 amide bonds. The number of nitrogens with zero attached hydrogens (tertiary/aromatic N) is 2. The van der Waals surface area contributed by atoms with Crippen LogP contribution in [-0.4, -0.2) is 44.2 Å². The second-order valence-electron chi connectivity index (χ2n) is 4.81. The van der Waals surface area contributed by atoms with Gasteiger partial charge in [-0.3, -0.25) is 0 Å². The van der Waals surface area contributed by atoms with Crippen LogP contribution in [0.4, 0.5) is 0 Å². The SMILES string of the molecule is COc1ccc(OCCN=C(N)N2CCCCC2)cc1.I. The Morgan fingerprint density at radius 2 is 1.76 bits per heavy atom. The Kier molecular flexibility index (Phi) is 8.26. The third-order valence-corrected chi connectivity index (χ3v) is 3.37. The lowest BCUT2D eigenvalue weighted by Gasteiger charge is -2.27. The lowest BCUT2D eigenvalue weighted by Crippen LogP contribution is -2.41. The van der Waals surface area contributed by atoms with Gasteiger partial charge in [0.15, 0.2) is 5.96 Å². The lowest BCUT2D eigenvalue weighted by atomic mass is 10.1. The standard InChI is InChI=1S/C15H23N3O2.HI/c1-19-13-5-7-14(8-6-13)20-12-9-17-15(16)18-10-3-2-4-11-18;/h5-8H,2-4,9-12H2,1H3,(H2,16,17);1H. The first-order chi connectivity index (χ1) is 9.79. The van der Waals surface area contributed by atoms with E-state index in [0.29, 0.717) is 19.1 Å². The molecule has 1 fully saturated rings. The second-order valence-corrected chi connectivity index (χ2v) is 4.81. The number of hydrogen-bond acceptors (Lipinski definition) is 3. The number of rotatable bonds is 5. The van der Waals surface area contributed by atoms with Crippen molar-refractivity contribution in [2.75, 3.05) is 33.4 Å². The smallest absolute Gasteiger partial charge is 0.191 e. The van der Waals surface area contributed by atoms with Crippen molar-refractivity contribution in [1.29, 1.82) is 0 Å². The number of likely N-dealkylation sites (tertiary alicyclic amines) is 1. The molecular weight excluding hydrogens is 381 g/mol. The first-order valence-corrected chi connectivity index (χ1v) is 7.11. The minimum atomic E-state index is 0. The van der Waals surface area contributed by atoms with Gasteiger partial charge in [0.1, 0.15) is 18.1 Å². The highest BCUT2D eigenvalue weighted by Crippen LogP contribution is 2.16. The Hall–Kier alpha value is -1.18. The fraction of sp³-hybridized carbons (Fsp3) is 0.533. The van der Waals surface area contributed by atoms with Crippen molar-refractivity contribution in [3.05, 3.63) is 24.3 Å². The van der Waals surface area contributed by atoms with Crippen LogP contribution in [0.2, 0.25) is 0 Å². The number of piperidine rings is 1. The first-order valence-electron chi connectivity index (χ1n) is 7.11. The number of benzene rings is 1. The molecular formula is C15H24IN3O2. The fourth-order valence-corrected chi connectivity index (χ4v) is 2.22. The van der Waals surface area contributed by atoms with E-state index in [1.165, 1.54) is 19.3 Å². The van der Waals surface area contributed by atoms with E-state index in [2.05, 4.69) is 9.89 Å². The maximum absolute atomic E-state index is 5.97. The summed E-state index contributed by atoms with van der Waals surface area (Å²) in [5.74, 6) is 2.28. The van der Waals surface area contributed by atoms with Gasteiger partial charge in [-0.05, 0) is 43.5 Å². The molecule has 0 radical (unpaired) electrons. The summed E-state index contributed by atoms with van der Waals surface area (Å²) in [6.07, 6.45) is 3.71. The predicted molar refractivity (Wildman–Crippen MR) is 95.8 cm³/mol. The summed E-state index contributed by atoms with van der Waals surface area (Å²) in [6.45, 7) is 3.15. The van der Waals surface area contributed by atoms with Gasteiger partial charge in [0.2, 0.25) is 0 Å². The number of aliphatic imine (C=N–C) groups is 1. The zero-order valence-corrected chi connectivity index (χ0v) is 14.8. The number of hydrogen-bond donors (Lipinski definition) is 1. The molecule has 0 aromatic heterocycles. The quantitative estimate of drug-likeness (QED) is 0.354. The zero-order chi connectivity index (χ0) is 14.2. The summed E-state index contributed by atoms with van der Waals surface area (Å²) in [4.78, 5) is 6.52. The Balaban J connectivity index is 0.00000220. The van der Waals surface area contributed by atoms with Crippen molar-refractivity contribution in [3.8, 4) is 11.5 Å². The predicted octanol–water partition coefficient (Wildman–Crippen LogP) is 2.49. The van der Waals surface area contributed by atoms with E-state index in [0.717, 1.165) is 24.6 Å². The highest BCUT2D eigenvalue weighted by Gasteiger charge is 2.11. The van der Waals surface area contributed by atoms with Crippen LogP contribution in [0, 0.1) is 0 Å². The average molecular weight is 405 g/mol. The summed E-state index contributed by atoms with van der Waals surface area (Å²) in [5, 5.41) is 0. The molecule has 1 saturated heterocycles. The molecule has 1 aromatic carbocycles. The van der Waals surface area contributed by atoms with Crippen LogP contribution in [0.5, 0.6) is 11.5 Å². The summed E-state index contributed by atoms with van der Waals surface area (Å²) in [6, 6.07) is 7.52. The molecule has 21 heavy (non-hydrogen) atoms. The molecule has 5 nitrogen and oxygen atoms in total. The Morgan fingerprint density at radius 1 is 1.14 bits per heavy atom. The number of guanidine groups is 1. The van der Waals surface area contributed by atoms with Crippen molar-refractivity contribution in [2.45, 2.75) is 19.3 Å². The van der Waals surface area contributed by atoms with E-state index in [1.807, 2.05) is 24.3 Å². The van der Waals surface area contributed by atoms with Crippen LogP contribution in [0.1, 0.15) is 19.3 Å². The molecule has 6 heteroatoms. The molecule has 0 atom stereocenters. The number of halogens is 1. The zero-order valence-electron chi connectivity index (χ0n) is 12.5. The van der Waals surface area contributed by atoms with Crippen molar-refractivity contribution in [2.24, 2.45) is 10.7 Å². The molecule has 0 spiro atoms. The van der Waals surface area contributed by atoms with Gasteiger partial charge >= 0.3 is 0 Å². The Morgan fingerprint density at radius 3 is 2.38 bits per heavy atom. The third kappa shape index (κ3) is 5.99. The molecule has 1 heterocycles. The maximum atomic E-state index is 5.97. The highest BCUT2D eigenvalue weighted by molar-refractivity contribution is 14.0. The van der Waals surface area contributed by atoms with E-state index in [4.69, 9.17) is 15.2 Å². The molecule has 2 N–H and O–H groups in total. The van der Waals surface area contributed by atoms with Crippen LogP contribution in [-0.2, 0) is 0 Å². The van der Waals surface area contributed by atoms with Crippen molar-refractivity contribution >= 4 is 29.9 Å². The summed E-state index contributed by atoms with van der Waals surface area (Å²) < 4.78 is 10.7. The van der Waals surface area contributed by atoms with Gasteiger partial charge in [0, 0.05) is 13.1 Å². The summed E-state index contributed by atoms with van der Waals surface area (Å²) in [7, 11) is 1.65. The van der Waals surface area contributed by atoms with E-state index >= 15 is 0 Å². The lowest BCUT2D eigenvalue weighted by molar-refractivity contribution is 0.320. The maximum Gasteiger partial charge on any atom is 0.191 e. The average Bonchev–Trinajstić information content (AvgIpc) is 2.53. The second kappa shape index (κ2) is 9.70. The van der Waals surface area contributed by atoms with Gasteiger partial charge in [-0.2, -0.15) is 0 Å². The molecule has 118 valence electrons. The normalized spacial score (nSPS) is 15.3. The van der Waals surface area contributed by atoms with Gasteiger partial charge in [0.25, 0.3) is 0 Å². The van der Waals surface area contributed by atoms with Gasteiger partial charge in [-0.1, -0.05) is 0 Å². The van der Waals surface area contributed by atoms with Crippen LogP contribution in [0.25, 0.3) is 0 Å². The van der Waals surface area contributed by atoms with E-state index in [-0.39, 0.29) is 24.0 Å². The first kappa shape index (κ1) is 17.9. The van der Waals surface area contributed by atoms with Gasteiger partial charge in [-0.15, -0.1) is 24.0 Å². The van der Waals surface area contributed by atoms with Crippen LogP contribution < -0.4 is 15.2 Å². The van der Waals surface area contributed by atoms with Crippen LogP contribution >= 0.6 is 24.0 Å². The van der Waals surface area contributed by atoms with E-state index in [1.54, 1.807) is 7.11 Å². The molecule has 0 aliphatic carbocycles. The minimum absolute atomic E-state index is 0. The molecule has 1 aliphatic heterocycles. The number of nitrogens with two attached hydrogens (primary N) is 1. The summed E-state index contributed by atoms with van der Waals surface area (Å²) >= 11 is 0. The van der Waals surface area contributed by atoms with E-state index in [9.17, 15) is 0 Å². The van der Waals surface area contributed by atoms with Gasteiger partial charge < -0.3 is 20.1 Å². The van der Waals surface area contributed by atoms with Crippen molar-refractivity contribution in [1.82, 2.24) is 4.90 Å². The molecule has 0 bridgehead atoms. The Bertz CT molecular complexity index is 431. The molecule has 0 unspecified atom stereocenters. The molecule has 1 aliphatic rings. The number of ether oxygens (including phenoxy) is 2. The molecule has 2 rings (SSSR count). The molecule has 0 saturated carbocycles. The molecule has 1 aromatic rings. The Labute approximate surface area is 143 Å². The van der Waals surface area contributed by atoms with Crippen LogP contribution in [0.3, 0.4) is 0 Å². The van der Waals surface area contributed by atoms with Crippen molar-refractivity contribution in [3.63, 3.8) is 0 Å². The topological polar surface area (TPSA) is 60.1 Å². The largest absolute Gasteiger partial charge is 0.497 e. The van der Waals surface area contributed by atoms with Gasteiger partial charge in [0.05, 0.1) is 13.7 Å². The minimum Gasteiger partial charge on any atom is -0.497 e. The van der Waals surface area contributed by atoms with Crippen molar-refractivity contribution < 1.29 is 9.47 Å². The third-order valence-electron chi connectivity index (χ3n) is 3.37.